The standard InChI is InChI=1S/C26H35N5O3.C17H25N5O.C9H13NO2.C7H3Cl2N3.C7H15NO2.CH4/c1-6-7-13-26(3,14-12-18(2)32)31-24-23-21(9-8-15-27-23)29-25(30-24)28-17-19-10-11-20(33-4)16-22(19)34-5;1-4-5-9-17(3,10-8-12(2)23)22-15-14-13(7-6-11-19-14)20-16(18)21-15;1-11-8-4-3-7(6-10)9(5-8)12-2;8-6-5-4(2-1-3-10-5)11-7(9)12-6;1-3-4-5-7(2,8)6(9)10;/h8-11,15-16H,6-7,12-14,17H2,1-5H3,(H2,28,29,30,31);6-7,11H,4-5,8-10H2,1-3H3,(H3,18,20,21,22);3-5H,6,10H2,1-2H3;1-3H;3-5,8H2,1-2H3,(H,9,10);1H4/t26-;17-;;;7-;/m11..1./s1. The number of nitrogen functional groups attached to an aromatic ring is 1. The predicted molar refractivity (Wildman–Crippen MR) is 370 cm³/mol. The Hall–Kier alpha value is -8.38. The molecule has 0 unspecified atom stereocenters. The fraction of sp³-hybridized carbons (Fsp3) is 0.463. The number of unbranched alkanes of at least 4 members (excludes halogenated alkanes) is 3. The van der Waals surface area contributed by atoms with Gasteiger partial charge in [-0.25, -0.2) is 19.9 Å². The normalized spacial score (nSPS) is 12.5. The fourth-order valence-corrected chi connectivity index (χ4v) is 9.51. The number of carboxylic acids is 1. The first-order valence-corrected chi connectivity index (χ1v) is 31.0. The lowest BCUT2D eigenvalue weighted by Crippen LogP contribution is -2.44. The number of fused-ring (bicyclic) bond motifs is 3. The number of aromatic nitrogens is 9. The molecule has 500 valence electrons. The maximum absolute atomic E-state index is 11.7. The number of nitrogens with one attached hydrogen (secondary N) is 3. The lowest BCUT2D eigenvalue weighted by Gasteiger charge is -2.32. The average molecular weight is 1310 g/mol. The van der Waals surface area contributed by atoms with Crippen LogP contribution in [0.1, 0.15) is 157 Å². The van der Waals surface area contributed by atoms with E-state index in [0.29, 0.717) is 77.5 Å². The van der Waals surface area contributed by atoms with Crippen LogP contribution in [0.3, 0.4) is 0 Å². The number of hydrogen-bond acceptors (Lipinski definition) is 22. The van der Waals surface area contributed by atoms with Gasteiger partial charge in [0.05, 0.1) is 45.0 Å². The average Bonchev–Trinajstić information content (AvgIpc) is 0.894. The van der Waals surface area contributed by atoms with Crippen LogP contribution in [-0.4, -0.2) is 113 Å². The third-order valence-electron chi connectivity index (χ3n) is 14.6. The van der Waals surface area contributed by atoms with E-state index in [1.165, 1.54) is 0 Å². The second kappa shape index (κ2) is 39.1. The van der Waals surface area contributed by atoms with Crippen LogP contribution in [0.5, 0.6) is 23.0 Å². The molecule has 0 spiro atoms. The molecule has 0 aliphatic heterocycles. The molecule has 3 atom stereocenters. The summed E-state index contributed by atoms with van der Waals surface area (Å²) in [7, 11) is 6.50. The number of rotatable bonds is 28. The zero-order chi connectivity index (χ0) is 67.2. The molecule has 10 N–H and O–H groups in total. The van der Waals surface area contributed by atoms with E-state index in [2.05, 4.69) is 83.5 Å². The summed E-state index contributed by atoms with van der Waals surface area (Å²) in [6, 6.07) is 22.3. The number of ether oxygens (including phenoxy) is 4. The van der Waals surface area contributed by atoms with Gasteiger partial charge in [0.25, 0.3) is 0 Å². The highest BCUT2D eigenvalue weighted by Crippen LogP contribution is 2.32. The highest BCUT2D eigenvalue weighted by atomic mass is 35.5. The van der Waals surface area contributed by atoms with E-state index in [1.54, 1.807) is 79.9 Å². The zero-order valence-electron chi connectivity index (χ0n) is 54.6. The highest BCUT2D eigenvalue weighted by Gasteiger charge is 2.29. The molecule has 0 saturated heterocycles. The highest BCUT2D eigenvalue weighted by molar-refractivity contribution is 6.35. The Morgan fingerprint density at radius 3 is 1.48 bits per heavy atom. The number of pyridine rings is 3. The summed E-state index contributed by atoms with van der Waals surface area (Å²) in [5.74, 6) is 4.49. The molecular formula is C67H95Cl2N15O8. The van der Waals surface area contributed by atoms with Gasteiger partial charge in [-0.3, -0.25) is 19.7 Å². The van der Waals surface area contributed by atoms with E-state index in [9.17, 15) is 14.4 Å². The van der Waals surface area contributed by atoms with Crippen molar-refractivity contribution >= 4 is 97.4 Å². The molecule has 6 aromatic heterocycles. The van der Waals surface area contributed by atoms with E-state index in [4.69, 9.17) is 69.4 Å². The van der Waals surface area contributed by atoms with Crippen molar-refractivity contribution in [2.24, 2.45) is 11.5 Å². The summed E-state index contributed by atoms with van der Waals surface area (Å²) in [5.41, 5.74) is 21.3. The second-order valence-corrected chi connectivity index (χ2v) is 23.1. The van der Waals surface area contributed by atoms with Crippen molar-refractivity contribution in [1.29, 1.82) is 0 Å². The predicted octanol–water partition coefficient (Wildman–Crippen LogP) is 13.8. The summed E-state index contributed by atoms with van der Waals surface area (Å²) in [4.78, 5) is 72.1. The number of ketones is 2. The first-order chi connectivity index (χ1) is 43.4. The van der Waals surface area contributed by atoms with E-state index in [0.717, 1.165) is 104 Å². The quantitative estimate of drug-likeness (QED) is 0.0177. The van der Waals surface area contributed by atoms with Crippen LogP contribution in [-0.2, 0) is 27.5 Å². The number of benzene rings is 2. The molecule has 92 heavy (non-hydrogen) atoms. The molecule has 25 heteroatoms. The largest absolute Gasteiger partial charge is 0.497 e. The first-order valence-electron chi connectivity index (χ1n) is 30.3. The van der Waals surface area contributed by atoms with E-state index >= 15 is 0 Å². The van der Waals surface area contributed by atoms with Gasteiger partial charge in [0.2, 0.25) is 17.2 Å². The molecule has 8 rings (SSSR count). The van der Waals surface area contributed by atoms with Gasteiger partial charge in [0.15, 0.2) is 16.8 Å². The van der Waals surface area contributed by atoms with Crippen molar-refractivity contribution in [1.82, 2.24) is 44.9 Å². The molecule has 23 nitrogen and oxygen atoms in total. The summed E-state index contributed by atoms with van der Waals surface area (Å²) in [6.45, 7) is 16.4. The number of anilines is 4. The Kier molecular flexibility index (Phi) is 33.1. The zero-order valence-corrected chi connectivity index (χ0v) is 56.1. The summed E-state index contributed by atoms with van der Waals surface area (Å²) in [5, 5.41) is 19.4. The smallest absolute Gasteiger partial charge is 0.323 e. The molecule has 0 amide bonds. The number of methoxy groups -OCH3 is 4. The molecule has 0 fully saturated rings. The van der Waals surface area contributed by atoms with Gasteiger partial charge < -0.3 is 66.8 Å². The molecule has 2 aromatic carbocycles. The molecule has 0 aliphatic rings. The number of carboxylic acid groups (broad SMARTS) is 1. The van der Waals surface area contributed by atoms with Gasteiger partial charge in [-0.15, -0.1) is 0 Å². The number of nitrogens with two attached hydrogens (primary N) is 3. The lowest BCUT2D eigenvalue weighted by molar-refractivity contribution is -0.143. The van der Waals surface area contributed by atoms with Gasteiger partial charge in [0.1, 0.15) is 56.7 Å². The Morgan fingerprint density at radius 1 is 0.576 bits per heavy atom. The van der Waals surface area contributed by atoms with Crippen molar-refractivity contribution in [2.45, 2.75) is 176 Å². The van der Waals surface area contributed by atoms with Gasteiger partial charge in [-0.05, 0) is 133 Å². The topological polar surface area (TPSA) is 339 Å². The summed E-state index contributed by atoms with van der Waals surface area (Å²) < 4.78 is 20.9. The minimum Gasteiger partial charge on any atom is -0.497 e. The van der Waals surface area contributed by atoms with Gasteiger partial charge >= 0.3 is 5.97 Å². The Balaban J connectivity index is 0.000000327. The molecule has 0 radical (unpaired) electrons. The number of hydrogen-bond donors (Lipinski definition) is 7. The maximum atomic E-state index is 11.7. The van der Waals surface area contributed by atoms with Crippen molar-refractivity contribution in [3.63, 3.8) is 0 Å². The van der Waals surface area contributed by atoms with Crippen LogP contribution in [0.25, 0.3) is 33.1 Å². The Labute approximate surface area is 551 Å². The van der Waals surface area contributed by atoms with Crippen LogP contribution < -0.4 is 52.1 Å². The first kappa shape index (κ1) is 77.9. The van der Waals surface area contributed by atoms with Gasteiger partial charge in [0, 0.05) is 78.9 Å². The van der Waals surface area contributed by atoms with Crippen molar-refractivity contribution in [3.8, 4) is 23.0 Å². The van der Waals surface area contributed by atoms with Crippen molar-refractivity contribution in [2.75, 3.05) is 50.1 Å². The molecule has 6 heterocycles. The number of Topliss-reactive ketones (excluding diaryl/α,β-unsaturated/α-hetero) is 2. The second-order valence-electron chi connectivity index (χ2n) is 22.4. The van der Waals surface area contributed by atoms with Crippen LogP contribution in [0.2, 0.25) is 10.4 Å². The Morgan fingerprint density at radius 2 is 1.02 bits per heavy atom. The SMILES string of the molecule is C.CCCC[C@@](C)(N)C(=O)O.CCCC[C@](C)(CCC(C)=O)Nc1nc(N)nc2cccnc12.CCCC[C@](C)(CCC(C)=O)Nc1nc(NCc2ccc(OC)cc2OC)nc2cccnc12.COc1ccc(CN)c(OC)c1.Clc1nc(Cl)c2ncccc2n1. The van der Waals surface area contributed by atoms with E-state index < -0.39 is 11.5 Å². The minimum atomic E-state index is -1.03. The minimum absolute atomic E-state index is 0. The van der Waals surface area contributed by atoms with E-state index in [1.807, 2.05) is 67.6 Å². The maximum Gasteiger partial charge on any atom is 0.323 e. The fourth-order valence-electron chi connectivity index (χ4n) is 9.06. The van der Waals surface area contributed by atoms with Crippen molar-refractivity contribution in [3.05, 3.63) is 113 Å². The molecule has 8 aromatic rings. The third kappa shape index (κ3) is 25.4. The third-order valence-corrected chi connectivity index (χ3v) is 15.0. The Bertz CT molecular complexity index is 3610. The summed E-state index contributed by atoms with van der Waals surface area (Å²) in [6.07, 6.45) is 16.2. The van der Waals surface area contributed by atoms with Gasteiger partial charge in [-0.2, -0.15) is 9.97 Å². The van der Waals surface area contributed by atoms with Gasteiger partial charge in [-0.1, -0.05) is 84.4 Å². The number of aliphatic carboxylic acids is 1. The van der Waals surface area contributed by atoms with Crippen LogP contribution in [0.4, 0.5) is 23.5 Å². The van der Waals surface area contributed by atoms with Crippen LogP contribution in [0, 0.1) is 0 Å². The number of carbonyl (C=O) groups is 3. The van der Waals surface area contributed by atoms with Crippen LogP contribution in [0.15, 0.2) is 91.4 Å². The number of halogens is 2. The molecule has 0 bridgehead atoms. The summed E-state index contributed by atoms with van der Waals surface area (Å²) >= 11 is 11.4. The molecular weight excluding hydrogens is 1210 g/mol. The molecule has 0 saturated carbocycles. The molecule has 0 aliphatic carbocycles. The lowest BCUT2D eigenvalue weighted by atomic mass is 9.89. The van der Waals surface area contributed by atoms with E-state index in [-0.39, 0.29) is 46.5 Å². The monoisotopic (exact) mass is 1310 g/mol. The number of carbonyl (C=O) groups excluding carboxylic acids is 2. The van der Waals surface area contributed by atoms with Crippen LogP contribution >= 0.6 is 23.2 Å². The number of nitrogens with zero attached hydrogens (tertiary/aromatic N) is 9. The van der Waals surface area contributed by atoms with Crippen molar-refractivity contribution < 1.29 is 38.4 Å².